The number of esters is 1. The van der Waals surface area contributed by atoms with Gasteiger partial charge in [0, 0.05) is 11.3 Å². The number of hydrogen-bond acceptors (Lipinski definition) is 4. The van der Waals surface area contributed by atoms with Gasteiger partial charge in [0.15, 0.2) is 0 Å². The first-order chi connectivity index (χ1) is 14.4. The van der Waals surface area contributed by atoms with E-state index >= 15 is 0 Å². The van der Waals surface area contributed by atoms with Crippen LogP contribution in [0.5, 0.6) is 0 Å². The van der Waals surface area contributed by atoms with Gasteiger partial charge >= 0.3 is 5.97 Å². The summed E-state index contributed by atoms with van der Waals surface area (Å²) in [6, 6.07) is 18.8. The lowest BCUT2D eigenvalue weighted by molar-refractivity contribution is -0.146. The van der Waals surface area contributed by atoms with Crippen molar-refractivity contribution in [1.29, 1.82) is 0 Å². The third-order valence-corrected chi connectivity index (χ3v) is 5.33. The molecule has 30 heavy (non-hydrogen) atoms. The zero-order valence-corrected chi connectivity index (χ0v) is 17.8. The van der Waals surface area contributed by atoms with Crippen molar-refractivity contribution in [3.63, 3.8) is 0 Å². The van der Waals surface area contributed by atoms with Crippen molar-refractivity contribution < 1.29 is 14.3 Å². The highest BCUT2D eigenvalue weighted by atomic mass is 16.5. The van der Waals surface area contributed by atoms with Crippen LogP contribution in [0.2, 0.25) is 0 Å². The van der Waals surface area contributed by atoms with Crippen molar-refractivity contribution >= 4 is 11.9 Å². The highest BCUT2D eigenvalue weighted by Gasteiger charge is 2.28. The predicted octanol–water partition coefficient (Wildman–Crippen LogP) is 3.70. The van der Waals surface area contributed by atoms with Gasteiger partial charge in [-0.05, 0) is 38.5 Å². The van der Waals surface area contributed by atoms with Crippen LogP contribution in [0.3, 0.4) is 0 Å². The van der Waals surface area contributed by atoms with Gasteiger partial charge < -0.3 is 10.1 Å². The molecule has 3 rings (SSSR count). The fraction of sp³-hybridized carbons (Fsp3) is 0.292. The number of benzene rings is 2. The molecule has 1 N–H and O–H groups in total. The van der Waals surface area contributed by atoms with Crippen LogP contribution in [0.15, 0.2) is 60.7 Å². The Morgan fingerprint density at radius 1 is 1.03 bits per heavy atom. The van der Waals surface area contributed by atoms with Crippen LogP contribution < -0.4 is 5.32 Å². The molecule has 2 atom stereocenters. The van der Waals surface area contributed by atoms with Crippen LogP contribution in [0, 0.1) is 19.8 Å². The summed E-state index contributed by atoms with van der Waals surface area (Å²) in [6.07, 6.45) is 0.182. The number of nitrogens with one attached hydrogen (secondary N) is 1. The second-order valence-electron chi connectivity index (χ2n) is 7.34. The van der Waals surface area contributed by atoms with Crippen LogP contribution in [0.25, 0.3) is 5.69 Å². The molecular formula is C24H27N3O3. The molecular weight excluding hydrogens is 378 g/mol. The number of methoxy groups -OCH3 is 1. The fourth-order valence-electron chi connectivity index (χ4n) is 3.62. The molecule has 0 aliphatic rings. The van der Waals surface area contributed by atoms with Crippen molar-refractivity contribution in [1.82, 2.24) is 15.1 Å². The van der Waals surface area contributed by atoms with E-state index in [1.54, 1.807) is 6.92 Å². The lowest BCUT2D eigenvalue weighted by atomic mass is 9.94. The van der Waals surface area contributed by atoms with Gasteiger partial charge in [0.05, 0.1) is 36.9 Å². The number of carbonyl (C=O) groups excluding carboxylic acids is 2. The first-order valence-corrected chi connectivity index (χ1v) is 9.95. The van der Waals surface area contributed by atoms with Gasteiger partial charge in [0.1, 0.15) is 0 Å². The molecule has 0 saturated carbocycles. The SMILES string of the molecule is COC(=O)[C@H](C)[C@@H](NC(=O)Cc1c(C)nn(-c2ccccc2)c1C)c1ccccc1. The van der Waals surface area contributed by atoms with Crippen molar-refractivity contribution in [3.05, 3.63) is 83.2 Å². The van der Waals surface area contributed by atoms with E-state index in [-0.39, 0.29) is 18.3 Å². The Labute approximate surface area is 176 Å². The third-order valence-electron chi connectivity index (χ3n) is 5.33. The number of ether oxygens (including phenoxy) is 1. The second kappa shape index (κ2) is 9.39. The number of aryl methyl sites for hydroxylation is 1. The number of aromatic nitrogens is 2. The number of rotatable bonds is 7. The molecule has 2 aromatic carbocycles. The quantitative estimate of drug-likeness (QED) is 0.609. The van der Waals surface area contributed by atoms with Crippen LogP contribution >= 0.6 is 0 Å². The lowest BCUT2D eigenvalue weighted by Crippen LogP contribution is -2.37. The summed E-state index contributed by atoms with van der Waals surface area (Å²) in [5.41, 5.74) is 4.42. The molecule has 0 aliphatic heterocycles. The first kappa shape index (κ1) is 21.3. The van der Waals surface area contributed by atoms with E-state index in [2.05, 4.69) is 10.4 Å². The summed E-state index contributed by atoms with van der Waals surface area (Å²) in [7, 11) is 1.35. The Bertz CT molecular complexity index is 1010. The summed E-state index contributed by atoms with van der Waals surface area (Å²) < 4.78 is 6.75. The summed E-state index contributed by atoms with van der Waals surface area (Å²) in [5.74, 6) is -1.05. The van der Waals surface area contributed by atoms with Gasteiger partial charge in [-0.2, -0.15) is 5.10 Å². The smallest absolute Gasteiger partial charge is 0.310 e. The fourth-order valence-corrected chi connectivity index (χ4v) is 3.62. The van der Waals surface area contributed by atoms with Crippen LogP contribution in [0.4, 0.5) is 0 Å². The maximum Gasteiger partial charge on any atom is 0.310 e. The van der Waals surface area contributed by atoms with E-state index in [0.29, 0.717) is 0 Å². The van der Waals surface area contributed by atoms with E-state index < -0.39 is 12.0 Å². The Balaban J connectivity index is 1.82. The minimum Gasteiger partial charge on any atom is -0.469 e. The highest BCUT2D eigenvalue weighted by Crippen LogP contribution is 2.24. The van der Waals surface area contributed by atoms with Gasteiger partial charge in [-0.1, -0.05) is 48.5 Å². The summed E-state index contributed by atoms with van der Waals surface area (Å²) in [4.78, 5) is 25.1. The van der Waals surface area contributed by atoms with E-state index in [1.165, 1.54) is 7.11 Å². The van der Waals surface area contributed by atoms with Crippen molar-refractivity contribution in [2.75, 3.05) is 7.11 Å². The maximum atomic E-state index is 13.0. The Morgan fingerprint density at radius 3 is 2.23 bits per heavy atom. The number of hydrogen-bond donors (Lipinski definition) is 1. The molecule has 6 nitrogen and oxygen atoms in total. The van der Waals surface area contributed by atoms with Crippen molar-refractivity contribution in [2.45, 2.75) is 33.2 Å². The van der Waals surface area contributed by atoms with Gasteiger partial charge in [-0.3, -0.25) is 9.59 Å². The summed E-state index contributed by atoms with van der Waals surface area (Å²) >= 11 is 0. The monoisotopic (exact) mass is 405 g/mol. The Hall–Kier alpha value is -3.41. The normalized spacial score (nSPS) is 12.8. The number of nitrogens with zero attached hydrogens (tertiary/aromatic N) is 2. The zero-order chi connectivity index (χ0) is 21.7. The van der Waals surface area contributed by atoms with Gasteiger partial charge in [0.2, 0.25) is 5.91 Å². The molecule has 0 fully saturated rings. The third kappa shape index (κ3) is 4.59. The van der Waals surface area contributed by atoms with Crippen LogP contribution in [-0.4, -0.2) is 28.8 Å². The molecule has 1 amide bonds. The predicted molar refractivity (Wildman–Crippen MR) is 115 cm³/mol. The van der Waals surface area contributed by atoms with Crippen molar-refractivity contribution in [2.24, 2.45) is 5.92 Å². The number of carbonyl (C=O) groups is 2. The highest BCUT2D eigenvalue weighted by molar-refractivity contribution is 5.81. The minimum atomic E-state index is -0.518. The largest absolute Gasteiger partial charge is 0.469 e. The number of amides is 1. The molecule has 0 aliphatic carbocycles. The molecule has 0 bridgehead atoms. The van der Waals surface area contributed by atoms with E-state index in [9.17, 15) is 9.59 Å². The van der Waals surface area contributed by atoms with E-state index in [1.807, 2.05) is 79.2 Å². The molecule has 1 aromatic heterocycles. The molecule has 1 heterocycles. The summed E-state index contributed by atoms with van der Waals surface area (Å²) in [5, 5.41) is 7.63. The topological polar surface area (TPSA) is 73.2 Å². The Kier molecular flexibility index (Phi) is 6.67. The summed E-state index contributed by atoms with van der Waals surface area (Å²) in [6.45, 7) is 5.62. The average Bonchev–Trinajstić information content (AvgIpc) is 3.06. The second-order valence-corrected chi connectivity index (χ2v) is 7.34. The van der Waals surface area contributed by atoms with Crippen LogP contribution in [0.1, 0.15) is 35.5 Å². The lowest BCUT2D eigenvalue weighted by Gasteiger charge is -2.24. The van der Waals surface area contributed by atoms with Gasteiger partial charge in [-0.15, -0.1) is 0 Å². The minimum absolute atomic E-state index is 0.168. The molecule has 0 unspecified atom stereocenters. The molecule has 3 aromatic rings. The van der Waals surface area contributed by atoms with E-state index in [4.69, 9.17) is 4.74 Å². The molecule has 6 heteroatoms. The molecule has 0 saturated heterocycles. The van der Waals surface area contributed by atoms with E-state index in [0.717, 1.165) is 28.2 Å². The number of para-hydroxylation sites is 1. The van der Waals surface area contributed by atoms with Crippen LogP contribution in [-0.2, 0) is 20.7 Å². The zero-order valence-electron chi connectivity index (χ0n) is 17.8. The van der Waals surface area contributed by atoms with Gasteiger partial charge in [-0.25, -0.2) is 4.68 Å². The standard InChI is InChI=1S/C24H27N3O3/c1-16(24(29)30-4)23(19-11-7-5-8-12-19)25-22(28)15-21-17(2)26-27(18(21)3)20-13-9-6-10-14-20/h5-14,16,23H,15H2,1-4H3,(H,25,28)/t16-,23-/m1/s1. The molecule has 0 radical (unpaired) electrons. The van der Waals surface area contributed by atoms with Gasteiger partial charge in [0.25, 0.3) is 0 Å². The maximum absolute atomic E-state index is 13.0. The average molecular weight is 405 g/mol. The molecule has 0 spiro atoms. The first-order valence-electron chi connectivity index (χ1n) is 9.95. The Morgan fingerprint density at radius 2 is 1.63 bits per heavy atom. The molecule has 156 valence electrons. The van der Waals surface area contributed by atoms with Crippen molar-refractivity contribution in [3.8, 4) is 5.69 Å².